The van der Waals surface area contributed by atoms with Gasteiger partial charge in [-0.2, -0.15) is 0 Å². The van der Waals surface area contributed by atoms with E-state index in [1.165, 1.54) is 11.1 Å². The summed E-state index contributed by atoms with van der Waals surface area (Å²) in [6.07, 6.45) is 5.67. The van der Waals surface area contributed by atoms with E-state index in [4.69, 9.17) is 9.72 Å². The van der Waals surface area contributed by atoms with Crippen LogP contribution in [-0.4, -0.2) is 23.5 Å². The molecule has 0 bridgehead atoms. The van der Waals surface area contributed by atoms with Gasteiger partial charge in [0.25, 0.3) is 5.91 Å². The van der Waals surface area contributed by atoms with Crippen molar-refractivity contribution in [3.63, 3.8) is 0 Å². The summed E-state index contributed by atoms with van der Waals surface area (Å²) in [5, 5.41) is 3.84. The third-order valence-electron chi connectivity index (χ3n) is 6.16. The van der Waals surface area contributed by atoms with Gasteiger partial charge in [-0.25, -0.2) is 4.79 Å². The number of hydrogen-bond donors (Lipinski definition) is 1. The number of amides is 1. The Bertz CT molecular complexity index is 1140. The number of nitrogens with one attached hydrogen (secondary N) is 1. The second-order valence-electron chi connectivity index (χ2n) is 8.07. The minimum Gasteiger partial charge on any atom is -0.452 e. The molecule has 1 amide bonds. The number of hydrogen-bond acceptors (Lipinski definition) is 4. The molecule has 2 aromatic carbocycles. The zero-order valence-corrected chi connectivity index (χ0v) is 16.8. The minimum absolute atomic E-state index is 0.0212. The summed E-state index contributed by atoms with van der Waals surface area (Å²) in [5.74, 6) is -0.703. The van der Waals surface area contributed by atoms with Gasteiger partial charge in [0.1, 0.15) is 0 Å². The lowest BCUT2D eigenvalue weighted by Crippen LogP contribution is -2.34. The first-order chi connectivity index (χ1) is 14.7. The summed E-state index contributed by atoms with van der Waals surface area (Å²) in [4.78, 5) is 30.2. The molecule has 0 saturated heterocycles. The number of carbonyl (C=O) groups is 2. The van der Waals surface area contributed by atoms with Crippen molar-refractivity contribution in [1.29, 1.82) is 0 Å². The Labute approximate surface area is 175 Å². The zero-order valence-electron chi connectivity index (χ0n) is 16.8. The molecule has 5 nitrogen and oxygen atoms in total. The third-order valence-corrected chi connectivity index (χ3v) is 6.16. The maximum atomic E-state index is 13.0. The summed E-state index contributed by atoms with van der Waals surface area (Å²) in [7, 11) is 0. The van der Waals surface area contributed by atoms with Gasteiger partial charge in [-0.1, -0.05) is 42.5 Å². The molecule has 30 heavy (non-hydrogen) atoms. The first kappa shape index (κ1) is 18.8. The highest BCUT2D eigenvalue weighted by atomic mass is 16.5. The fraction of sp³-hybridized carbons (Fsp3) is 0.320. The molecular weight excluding hydrogens is 376 g/mol. The van der Waals surface area contributed by atoms with E-state index < -0.39 is 5.97 Å². The molecule has 1 atom stereocenters. The molecule has 1 aromatic heterocycles. The molecular formula is C25H24N2O3. The van der Waals surface area contributed by atoms with Gasteiger partial charge in [0, 0.05) is 11.1 Å². The van der Waals surface area contributed by atoms with Crippen LogP contribution in [0.15, 0.2) is 48.5 Å². The van der Waals surface area contributed by atoms with Crippen molar-refractivity contribution in [2.45, 2.75) is 44.6 Å². The highest BCUT2D eigenvalue weighted by Gasteiger charge is 2.26. The Kier molecular flexibility index (Phi) is 4.95. The smallest absolute Gasteiger partial charge is 0.339 e. The summed E-state index contributed by atoms with van der Waals surface area (Å²) < 4.78 is 5.47. The van der Waals surface area contributed by atoms with Gasteiger partial charge in [-0.3, -0.25) is 9.78 Å². The number of esters is 1. The number of fused-ring (bicyclic) bond motifs is 3. The van der Waals surface area contributed by atoms with Crippen molar-refractivity contribution in [3.05, 3.63) is 76.5 Å². The maximum Gasteiger partial charge on any atom is 0.339 e. The van der Waals surface area contributed by atoms with Crippen molar-refractivity contribution < 1.29 is 14.3 Å². The Morgan fingerprint density at radius 2 is 1.83 bits per heavy atom. The van der Waals surface area contributed by atoms with Crippen LogP contribution < -0.4 is 5.32 Å². The van der Waals surface area contributed by atoms with E-state index in [1.807, 2.05) is 36.4 Å². The molecule has 2 aliphatic rings. The number of aryl methyl sites for hydroxylation is 2. The molecule has 1 unspecified atom stereocenters. The van der Waals surface area contributed by atoms with Crippen LogP contribution in [0.25, 0.3) is 10.9 Å². The molecule has 0 radical (unpaired) electrons. The summed E-state index contributed by atoms with van der Waals surface area (Å²) in [6.45, 7) is -0.275. The van der Waals surface area contributed by atoms with Crippen LogP contribution >= 0.6 is 0 Å². The van der Waals surface area contributed by atoms with Gasteiger partial charge in [-0.15, -0.1) is 0 Å². The van der Waals surface area contributed by atoms with Gasteiger partial charge in [0.15, 0.2) is 6.61 Å². The number of para-hydroxylation sites is 1. The Hall–Kier alpha value is -3.21. The van der Waals surface area contributed by atoms with Crippen LogP contribution in [0, 0.1) is 0 Å². The van der Waals surface area contributed by atoms with Crippen LogP contribution in [0.2, 0.25) is 0 Å². The molecule has 152 valence electrons. The molecule has 1 N–H and O–H groups in total. The van der Waals surface area contributed by atoms with Crippen LogP contribution in [0.5, 0.6) is 0 Å². The molecule has 5 rings (SSSR count). The lowest BCUT2D eigenvalue weighted by atomic mass is 9.88. The first-order valence-corrected chi connectivity index (χ1v) is 10.7. The number of carbonyl (C=O) groups excluding carboxylic acids is 2. The lowest BCUT2D eigenvalue weighted by Gasteiger charge is -2.26. The van der Waals surface area contributed by atoms with Crippen molar-refractivity contribution in [1.82, 2.24) is 10.3 Å². The van der Waals surface area contributed by atoms with Crippen molar-refractivity contribution in [3.8, 4) is 0 Å². The van der Waals surface area contributed by atoms with E-state index >= 15 is 0 Å². The second-order valence-corrected chi connectivity index (χ2v) is 8.07. The normalized spacial score (nSPS) is 17.3. The Morgan fingerprint density at radius 3 is 2.77 bits per heavy atom. The number of ether oxygens (including phenoxy) is 1. The predicted molar refractivity (Wildman–Crippen MR) is 114 cm³/mol. The van der Waals surface area contributed by atoms with Gasteiger partial charge < -0.3 is 10.1 Å². The molecule has 1 heterocycles. The van der Waals surface area contributed by atoms with Crippen LogP contribution in [0.3, 0.4) is 0 Å². The van der Waals surface area contributed by atoms with Crippen molar-refractivity contribution >= 4 is 22.8 Å². The molecule has 5 heteroatoms. The summed E-state index contributed by atoms with van der Waals surface area (Å²) in [5.41, 5.74) is 5.77. The predicted octanol–water partition coefficient (Wildman–Crippen LogP) is 4.07. The average molecular weight is 400 g/mol. The quantitative estimate of drug-likeness (QED) is 0.670. The highest BCUT2D eigenvalue weighted by molar-refractivity contribution is 6.05. The largest absolute Gasteiger partial charge is 0.452 e. The lowest BCUT2D eigenvalue weighted by molar-refractivity contribution is -0.125. The van der Waals surface area contributed by atoms with E-state index in [2.05, 4.69) is 17.4 Å². The molecule has 0 saturated carbocycles. The number of nitrogens with zero attached hydrogens (tertiary/aromatic N) is 1. The fourth-order valence-corrected chi connectivity index (χ4v) is 4.79. The van der Waals surface area contributed by atoms with Gasteiger partial charge in [0.05, 0.1) is 17.1 Å². The van der Waals surface area contributed by atoms with Crippen LogP contribution in [0.4, 0.5) is 0 Å². The summed E-state index contributed by atoms with van der Waals surface area (Å²) >= 11 is 0. The number of benzene rings is 2. The van der Waals surface area contributed by atoms with Crippen molar-refractivity contribution in [2.75, 3.05) is 6.61 Å². The van der Waals surface area contributed by atoms with Gasteiger partial charge >= 0.3 is 5.97 Å². The number of pyridine rings is 1. The standard InChI is InChI=1S/C25H24N2O3/c28-23(27-20-13-5-8-16-7-1-2-9-17(16)20)15-30-25(29)24-18-10-3-4-12-21(18)26-22-14-6-11-19(22)24/h1-4,7,9-10,12,20H,5-6,8,11,13-15H2,(H,27,28). The van der Waals surface area contributed by atoms with Crippen LogP contribution in [0.1, 0.15) is 58.0 Å². The number of aromatic nitrogens is 1. The maximum absolute atomic E-state index is 13.0. The van der Waals surface area contributed by atoms with E-state index in [0.29, 0.717) is 5.56 Å². The zero-order chi connectivity index (χ0) is 20.5. The van der Waals surface area contributed by atoms with Gasteiger partial charge in [0.2, 0.25) is 0 Å². The molecule has 3 aromatic rings. The van der Waals surface area contributed by atoms with E-state index in [1.54, 1.807) is 0 Å². The topological polar surface area (TPSA) is 68.3 Å². The monoisotopic (exact) mass is 400 g/mol. The minimum atomic E-state index is -0.439. The fourth-order valence-electron chi connectivity index (χ4n) is 4.79. The van der Waals surface area contributed by atoms with E-state index in [-0.39, 0.29) is 18.6 Å². The average Bonchev–Trinajstić information content (AvgIpc) is 3.24. The molecule has 0 aliphatic heterocycles. The van der Waals surface area contributed by atoms with Crippen molar-refractivity contribution in [2.24, 2.45) is 0 Å². The van der Waals surface area contributed by atoms with E-state index in [9.17, 15) is 9.59 Å². The Morgan fingerprint density at radius 1 is 1.00 bits per heavy atom. The SMILES string of the molecule is O=C(COC(=O)c1c2c(nc3ccccc13)CCC2)NC1CCCc2ccccc21. The third kappa shape index (κ3) is 3.45. The number of rotatable bonds is 4. The molecule has 0 spiro atoms. The second kappa shape index (κ2) is 7.90. The molecule has 0 fully saturated rings. The molecule has 2 aliphatic carbocycles. The summed E-state index contributed by atoms with van der Waals surface area (Å²) in [6, 6.07) is 15.8. The van der Waals surface area contributed by atoms with E-state index in [0.717, 1.165) is 60.7 Å². The Balaban J connectivity index is 1.31. The van der Waals surface area contributed by atoms with Gasteiger partial charge in [-0.05, 0) is 61.3 Å². The highest BCUT2D eigenvalue weighted by Crippen LogP contribution is 2.31. The first-order valence-electron chi connectivity index (χ1n) is 10.7. The van der Waals surface area contributed by atoms with Crippen LogP contribution in [-0.2, 0) is 28.8 Å².